The average Bonchev–Trinajstić information content (AvgIpc) is 2.59. The van der Waals surface area contributed by atoms with Crippen LogP contribution < -0.4 is 10.2 Å². The average molecular weight is 253 g/mol. The summed E-state index contributed by atoms with van der Waals surface area (Å²) in [6.45, 7) is 8.08. The maximum absolute atomic E-state index is 12.0. The molecule has 3 atom stereocenters. The first-order valence-electron chi connectivity index (χ1n) is 7.36. The van der Waals surface area contributed by atoms with Gasteiger partial charge in [-0.1, -0.05) is 20.8 Å². The minimum atomic E-state index is 0.241. The Hall–Kier alpha value is -0.570. The molecule has 0 aliphatic heterocycles. The number of rotatable bonds is 4. The van der Waals surface area contributed by atoms with Crippen molar-refractivity contribution in [3.05, 3.63) is 0 Å². The quantitative estimate of drug-likeness (QED) is 0.765. The van der Waals surface area contributed by atoms with Crippen LogP contribution in [0.15, 0.2) is 0 Å². The van der Waals surface area contributed by atoms with Crippen LogP contribution in [-0.4, -0.2) is 32.6 Å². The van der Waals surface area contributed by atoms with Crippen molar-refractivity contribution in [2.75, 3.05) is 20.6 Å². The number of quaternary nitrogens is 1. The van der Waals surface area contributed by atoms with E-state index in [1.54, 1.807) is 0 Å². The van der Waals surface area contributed by atoms with Gasteiger partial charge in [0.15, 0.2) is 0 Å². The van der Waals surface area contributed by atoms with E-state index in [4.69, 9.17) is 0 Å². The largest absolute Gasteiger partial charge is 0.353 e. The Kier molecular flexibility index (Phi) is 3.48. The maximum Gasteiger partial charge on any atom is 0.225 e. The van der Waals surface area contributed by atoms with E-state index in [1.807, 2.05) is 0 Å². The highest BCUT2D eigenvalue weighted by Gasteiger charge is 2.61. The third kappa shape index (κ3) is 2.07. The van der Waals surface area contributed by atoms with Gasteiger partial charge < -0.3 is 10.2 Å². The first-order valence-corrected chi connectivity index (χ1v) is 7.36. The highest BCUT2D eigenvalue weighted by molar-refractivity contribution is 5.76. The van der Waals surface area contributed by atoms with Crippen molar-refractivity contribution >= 4 is 5.91 Å². The van der Waals surface area contributed by atoms with E-state index in [0.717, 1.165) is 12.5 Å². The molecule has 0 unspecified atom stereocenters. The monoisotopic (exact) mass is 253 g/mol. The van der Waals surface area contributed by atoms with Gasteiger partial charge in [0.25, 0.3) is 0 Å². The van der Waals surface area contributed by atoms with Crippen LogP contribution in [0.25, 0.3) is 0 Å². The minimum Gasteiger partial charge on any atom is -0.353 e. The summed E-state index contributed by atoms with van der Waals surface area (Å²) in [5, 5.41) is 3.31. The summed E-state index contributed by atoms with van der Waals surface area (Å²) < 4.78 is 0. The smallest absolute Gasteiger partial charge is 0.225 e. The van der Waals surface area contributed by atoms with E-state index in [2.05, 4.69) is 40.2 Å². The zero-order valence-corrected chi connectivity index (χ0v) is 12.6. The Bertz CT molecular complexity index is 337. The maximum atomic E-state index is 12.0. The summed E-state index contributed by atoms with van der Waals surface area (Å²) in [6.07, 6.45) is 4.45. The van der Waals surface area contributed by atoms with Crippen LogP contribution in [-0.2, 0) is 4.79 Å². The van der Waals surface area contributed by atoms with Crippen molar-refractivity contribution in [3.8, 4) is 0 Å². The van der Waals surface area contributed by atoms with Crippen LogP contribution in [0, 0.1) is 16.7 Å². The van der Waals surface area contributed by atoms with Gasteiger partial charge in [-0.2, -0.15) is 0 Å². The molecule has 0 saturated heterocycles. The Labute approximate surface area is 111 Å². The zero-order chi connectivity index (χ0) is 13.6. The van der Waals surface area contributed by atoms with Crippen LogP contribution in [0.3, 0.4) is 0 Å². The summed E-state index contributed by atoms with van der Waals surface area (Å²) in [5.74, 6) is 1.04. The molecule has 2 N–H and O–H groups in total. The minimum absolute atomic E-state index is 0.241. The summed E-state index contributed by atoms with van der Waals surface area (Å²) in [6, 6.07) is 0.399. The number of nitrogens with one attached hydrogen (secondary N) is 2. The third-order valence-electron chi connectivity index (χ3n) is 5.98. The Morgan fingerprint density at radius 1 is 1.33 bits per heavy atom. The van der Waals surface area contributed by atoms with Crippen molar-refractivity contribution in [2.24, 2.45) is 16.7 Å². The van der Waals surface area contributed by atoms with E-state index < -0.39 is 0 Å². The van der Waals surface area contributed by atoms with Crippen molar-refractivity contribution < 1.29 is 9.69 Å². The van der Waals surface area contributed by atoms with Crippen LogP contribution in [0.2, 0.25) is 0 Å². The van der Waals surface area contributed by atoms with Gasteiger partial charge in [0.2, 0.25) is 5.91 Å². The lowest BCUT2D eigenvalue weighted by molar-refractivity contribution is -0.857. The standard InChI is InChI=1S/C15H28N2O/c1-14(2)11-6-8-15(14,3)12(10-11)16-13(18)7-9-17(4)5/h11-12H,6-10H2,1-5H3,(H,16,18)/p+1/t11-,12+,15-/m1/s1. The molecule has 1 amide bonds. The summed E-state index contributed by atoms with van der Waals surface area (Å²) >= 11 is 0. The second-order valence-electron chi connectivity index (χ2n) is 7.44. The third-order valence-corrected chi connectivity index (χ3v) is 5.98. The lowest BCUT2D eigenvalue weighted by atomic mass is 9.69. The molecule has 2 bridgehead atoms. The summed E-state index contributed by atoms with van der Waals surface area (Å²) in [5.41, 5.74) is 0.691. The number of amides is 1. The van der Waals surface area contributed by atoms with Crippen molar-refractivity contribution in [3.63, 3.8) is 0 Å². The lowest BCUT2D eigenvalue weighted by Crippen LogP contribution is -3.05. The highest BCUT2D eigenvalue weighted by Crippen LogP contribution is 2.65. The zero-order valence-electron chi connectivity index (χ0n) is 12.6. The van der Waals surface area contributed by atoms with Crippen LogP contribution in [0.5, 0.6) is 0 Å². The first kappa shape index (κ1) is 13.9. The van der Waals surface area contributed by atoms with E-state index in [0.29, 0.717) is 23.3 Å². The summed E-state index contributed by atoms with van der Waals surface area (Å²) in [4.78, 5) is 13.3. The van der Waals surface area contributed by atoms with Gasteiger partial charge >= 0.3 is 0 Å². The van der Waals surface area contributed by atoms with Crippen LogP contribution in [0.1, 0.15) is 46.5 Å². The van der Waals surface area contributed by atoms with Gasteiger partial charge in [-0.15, -0.1) is 0 Å². The van der Waals surface area contributed by atoms with Gasteiger partial charge in [0.1, 0.15) is 0 Å². The Morgan fingerprint density at radius 2 is 2.00 bits per heavy atom. The molecule has 2 fully saturated rings. The Morgan fingerprint density at radius 3 is 2.44 bits per heavy atom. The fourth-order valence-electron chi connectivity index (χ4n) is 4.05. The molecule has 2 saturated carbocycles. The molecule has 18 heavy (non-hydrogen) atoms. The Balaban J connectivity index is 1.94. The van der Waals surface area contributed by atoms with E-state index in [-0.39, 0.29) is 5.91 Å². The van der Waals surface area contributed by atoms with Gasteiger partial charge in [0, 0.05) is 6.04 Å². The van der Waals surface area contributed by atoms with Gasteiger partial charge in [-0.3, -0.25) is 4.79 Å². The molecule has 3 nitrogen and oxygen atoms in total. The topological polar surface area (TPSA) is 33.5 Å². The lowest BCUT2D eigenvalue weighted by Gasteiger charge is -2.39. The molecule has 3 heteroatoms. The fraction of sp³-hybridized carbons (Fsp3) is 0.933. The normalized spacial score (nSPS) is 37.2. The second-order valence-corrected chi connectivity index (χ2v) is 7.44. The van der Waals surface area contributed by atoms with Crippen LogP contribution in [0.4, 0.5) is 0 Å². The van der Waals surface area contributed by atoms with Gasteiger partial charge in [0.05, 0.1) is 27.1 Å². The first-order chi connectivity index (χ1) is 8.27. The number of fused-ring (bicyclic) bond motifs is 2. The molecule has 0 heterocycles. The molecule has 2 rings (SSSR count). The molecule has 0 spiro atoms. The predicted molar refractivity (Wildman–Crippen MR) is 73.5 cm³/mol. The molecule has 0 aromatic carbocycles. The van der Waals surface area contributed by atoms with Crippen molar-refractivity contribution in [1.82, 2.24) is 5.32 Å². The van der Waals surface area contributed by atoms with Crippen LogP contribution >= 0.6 is 0 Å². The fourth-order valence-corrected chi connectivity index (χ4v) is 4.05. The number of hydrogen-bond donors (Lipinski definition) is 2. The molecule has 104 valence electrons. The molecule has 2 aliphatic carbocycles. The summed E-state index contributed by atoms with van der Waals surface area (Å²) in [7, 11) is 4.18. The molecule has 0 aromatic heterocycles. The number of carbonyl (C=O) groups excluding carboxylic acids is 1. The second kappa shape index (κ2) is 4.52. The number of hydrogen-bond acceptors (Lipinski definition) is 1. The predicted octanol–water partition coefficient (Wildman–Crippen LogP) is 0.852. The SMILES string of the molecule is C[NH+](C)CCC(=O)N[C@H]1C[C@H]2CC[C@@]1(C)C2(C)C. The molecular formula is C15H29N2O+. The van der Waals surface area contributed by atoms with Crippen molar-refractivity contribution in [2.45, 2.75) is 52.5 Å². The molecule has 0 radical (unpaired) electrons. The van der Waals surface area contributed by atoms with E-state index in [1.165, 1.54) is 24.2 Å². The van der Waals surface area contributed by atoms with E-state index in [9.17, 15) is 4.79 Å². The van der Waals surface area contributed by atoms with Gasteiger partial charge in [-0.25, -0.2) is 0 Å². The van der Waals surface area contributed by atoms with E-state index >= 15 is 0 Å². The molecular weight excluding hydrogens is 224 g/mol. The highest BCUT2D eigenvalue weighted by atomic mass is 16.1. The molecule has 2 aliphatic rings. The number of carbonyl (C=O) groups is 1. The van der Waals surface area contributed by atoms with Crippen molar-refractivity contribution in [1.29, 1.82) is 0 Å². The molecule has 0 aromatic rings. The van der Waals surface area contributed by atoms with Gasteiger partial charge in [-0.05, 0) is 36.0 Å².